The van der Waals surface area contributed by atoms with Crippen LogP contribution < -0.4 is 10.5 Å². The van der Waals surface area contributed by atoms with Gasteiger partial charge in [-0.05, 0) is 93.1 Å². The van der Waals surface area contributed by atoms with Crippen LogP contribution in [-0.4, -0.2) is 22.2 Å². The van der Waals surface area contributed by atoms with Crippen molar-refractivity contribution in [3.05, 3.63) is 84.5 Å². The van der Waals surface area contributed by atoms with Crippen LogP contribution in [0.4, 0.5) is 0 Å². The number of halogens is 2. The van der Waals surface area contributed by atoms with E-state index in [-0.39, 0.29) is 12.2 Å². The predicted octanol–water partition coefficient (Wildman–Crippen LogP) is 4.94. The minimum Gasteiger partial charge on any atom is -0.508 e. The highest BCUT2D eigenvalue weighted by Gasteiger charge is 2.16. The van der Waals surface area contributed by atoms with Crippen molar-refractivity contribution in [2.75, 3.05) is 0 Å². The number of carbonyl (C=O) groups is 1. The van der Waals surface area contributed by atoms with Gasteiger partial charge in [-0.15, -0.1) is 0 Å². The van der Waals surface area contributed by atoms with Crippen LogP contribution in [0.5, 0.6) is 17.2 Å². The summed E-state index contributed by atoms with van der Waals surface area (Å²) in [6.07, 6.45) is 0.853. The van der Waals surface area contributed by atoms with Gasteiger partial charge in [-0.2, -0.15) is 0 Å². The fraction of sp³-hybridized carbons (Fsp3) is 0.136. The van der Waals surface area contributed by atoms with Gasteiger partial charge in [0.05, 0.1) is 7.14 Å². The molecule has 0 aliphatic rings. The Hall–Kier alpha value is -1.85. The molecular formula is C22H19I2NO4. The number of hydrogen-bond donors (Lipinski definition) is 3. The lowest BCUT2D eigenvalue weighted by molar-refractivity contribution is -0.138. The molecule has 0 unspecified atom stereocenters. The Morgan fingerprint density at radius 1 is 1.00 bits per heavy atom. The summed E-state index contributed by atoms with van der Waals surface area (Å²) in [5.41, 5.74) is 8.37. The van der Waals surface area contributed by atoms with Crippen molar-refractivity contribution in [3.63, 3.8) is 0 Å². The summed E-state index contributed by atoms with van der Waals surface area (Å²) in [4.78, 5) is 11.0. The van der Waals surface area contributed by atoms with Gasteiger partial charge in [-0.25, -0.2) is 0 Å². The van der Waals surface area contributed by atoms with E-state index >= 15 is 0 Å². The number of phenolic OH excluding ortho intramolecular Hbond substituents is 1. The third-order valence-electron chi connectivity index (χ3n) is 4.34. The number of carboxylic acid groups (broad SMARTS) is 1. The van der Waals surface area contributed by atoms with Crippen LogP contribution in [-0.2, 0) is 17.6 Å². The summed E-state index contributed by atoms with van der Waals surface area (Å²) in [6.45, 7) is 0. The number of ether oxygens (including phenoxy) is 1. The van der Waals surface area contributed by atoms with E-state index in [0.717, 1.165) is 23.8 Å². The zero-order valence-corrected chi connectivity index (χ0v) is 19.6. The quantitative estimate of drug-likeness (QED) is 0.328. The fourth-order valence-corrected chi connectivity index (χ4v) is 4.99. The molecule has 0 fully saturated rings. The van der Waals surface area contributed by atoms with Crippen LogP contribution in [0, 0.1) is 7.14 Å². The van der Waals surface area contributed by atoms with Crippen LogP contribution >= 0.6 is 45.2 Å². The number of aliphatic carboxylic acids is 1. The topological polar surface area (TPSA) is 92.8 Å². The number of carboxylic acids is 1. The first-order valence-corrected chi connectivity index (χ1v) is 11.0. The molecule has 0 spiro atoms. The van der Waals surface area contributed by atoms with Crippen LogP contribution in [0.1, 0.15) is 16.7 Å². The molecule has 29 heavy (non-hydrogen) atoms. The maximum atomic E-state index is 11.0. The maximum Gasteiger partial charge on any atom is 0.320 e. The number of rotatable bonds is 7. The summed E-state index contributed by atoms with van der Waals surface area (Å²) in [5, 5.41) is 19.2. The molecule has 0 aliphatic carbocycles. The molecule has 0 saturated carbocycles. The molecule has 0 bridgehead atoms. The van der Waals surface area contributed by atoms with Gasteiger partial charge in [0.15, 0.2) is 5.75 Å². The van der Waals surface area contributed by atoms with E-state index in [1.165, 1.54) is 0 Å². The van der Waals surface area contributed by atoms with Gasteiger partial charge < -0.3 is 20.7 Å². The van der Waals surface area contributed by atoms with Crippen LogP contribution in [0.2, 0.25) is 0 Å². The lowest BCUT2D eigenvalue weighted by Gasteiger charge is -2.14. The largest absolute Gasteiger partial charge is 0.508 e. The minimum absolute atomic E-state index is 0.226. The van der Waals surface area contributed by atoms with Crippen molar-refractivity contribution >= 4 is 51.2 Å². The van der Waals surface area contributed by atoms with Crippen LogP contribution in [0.3, 0.4) is 0 Å². The molecule has 4 N–H and O–H groups in total. The lowest BCUT2D eigenvalue weighted by atomic mass is 10.0. The molecule has 0 radical (unpaired) electrons. The molecular weight excluding hydrogens is 596 g/mol. The SMILES string of the molecule is N[C@@H](Cc1cc(I)c(Oc2ccc(O)c(Cc3ccccc3)c2)c(I)c1)C(=O)O. The molecule has 7 heteroatoms. The number of benzene rings is 3. The highest BCUT2D eigenvalue weighted by Crippen LogP contribution is 2.35. The van der Waals surface area contributed by atoms with E-state index in [0.29, 0.717) is 17.9 Å². The van der Waals surface area contributed by atoms with Gasteiger partial charge in [0.2, 0.25) is 0 Å². The van der Waals surface area contributed by atoms with Gasteiger partial charge in [-0.1, -0.05) is 30.3 Å². The summed E-state index contributed by atoms with van der Waals surface area (Å²) in [5.74, 6) is 0.517. The summed E-state index contributed by atoms with van der Waals surface area (Å²) in [6, 6.07) is 17.9. The Balaban J connectivity index is 1.82. The molecule has 0 saturated heterocycles. The van der Waals surface area contributed by atoms with Crippen molar-refractivity contribution in [1.82, 2.24) is 0 Å². The van der Waals surface area contributed by atoms with Gasteiger partial charge in [-0.3, -0.25) is 4.79 Å². The molecule has 3 aromatic rings. The minimum atomic E-state index is -1.02. The third kappa shape index (κ3) is 5.83. The first kappa shape index (κ1) is 21.8. The van der Waals surface area contributed by atoms with E-state index in [2.05, 4.69) is 45.2 Å². The highest BCUT2D eigenvalue weighted by atomic mass is 127. The van der Waals surface area contributed by atoms with E-state index in [9.17, 15) is 9.90 Å². The van der Waals surface area contributed by atoms with E-state index in [4.69, 9.17) is 15.6 Å². The number of nitrogens with two attached hydrogens (primary N) is 1. The zero-order chi connectivity index (χ0) is 21.0. The Morgan fingerprint density at radius 3 is 2.28 bits per heavy atom. The standard InChI is InChI=1S/C22H19I2NO4/c23-17-9-14(11-19(25)22(27)28)10-18(24)21(17)29-16-6-7-20(26)15(12-16)8-13-4-2-1-3-5-13/h1-7,9-10,12,19,26H,8,11,25H2,(H,27,28)/t19-/m0/s1. The Bertz CT molecular complexity index is 1000. The Morgan fingerprint density at radius 2 is 1.66 bits per heavy atom. The Labute approximate surface area is 196 Å². The molecule has 1 atom stereocenters. The monoisotopic (exact) mass is 615 g/mol. The second-order valence-electron chi connectivity index (χ2n) is 6.59. The molecule has 0 amide bonds. The average Bonchev–Trinajstić information content (AvgIpc) is 2.68. The Kier molecular flexibility index (Phi) is 7.36. The van der Waals surface area contributed by atoms with E-state index in [1.807, 2.05) is 48.5 Å². The number of hydrogen-bond acceptors (Lipinski definition) is 4. The van der Waals surface area contributed by atoms with Crippen molar-refractivity contribution in [3.8, 4) is 17.2 Å². The predicted molar refractivity (Wildman–Crippen MR) is 129 cm³/mol. The van der Waals surface area contributed by atoms with E-state index in [1.54, 1.807) is 12.1 Å². The highest BCUT2D eigenvalue weighted by molar-refractivity contribution is 14.1. The summed E-state index contributed by atoms with van der Waals surface area (Å²) < 4.78 is 7.83. The molecule has 3 rings (SSSR count). The maximum absolute atomic E-state index is 11.0. The first-order chi connectivity index (χ1) is 13.8. The molecule has 3 aromatic carbocycles. The fourth-order valence-electron chi connectivity index (χ4n) is 2.87. The van der Waals surface area contributed by atoms with Crippen molar-refractivity contribution in [1.29, 1.82) is 0 Å². The van der Waals surface area contributed by atoms with Crippen LogP contribution in [0.25, 0.3) is 0 Å². The van der Waals surface area contributed by atoms with E-state index < -0.39 is 12.0 Å². The normalized spacial score (nSPS) is 11.8. The van der Waals surface area contributed by atoms with Gasteiger partial charge >= 0.3 is 5.97 Å². The number of phenols is 1. The second-order valence-corrected chi connectivity index (χ2v) is 8.92. The van der Waals surface area contributed by atoms with Crippen molar-refractivity contribution < 1.29 is 19.7 Å². The summed E-state index contributed by atoms with van der Waals surface area (Å²) in [7, 11) is 0. The average molecular weight is 615 g/mol. The third-order valence-corrected chi connectivity index (χ3v) is 5.94. The summed E-state index contributed by atoms with van der Waals surface area (Å²) >= 11 is 4.34. The van der Waals surface area contributed by atoms with Crippen LogP contribution in [0.15, 0.2) is 60.7 Å². The molecule has 150 valence electrons. The van der Waals surface area contributed by atoms with Crippen molar-refractivity contribution in [2.24, 2.45) is 5.73 Å². The first-order valence-electron chi connectivity index (χ1n) is 8.83. The lowest BCUT2D eigenvalue weighted by Crippen LogP contribution is -2.32. The number of aromatic hydroxyl groups is 1. The van der Waals surface area contributed by atoms with Gasteiger partial charge in [0, 0.05) is 12.0 Å². The molecule has 0 heterocycles. The molecule has 0 aliphatic heterocycles. The molecule has 5 nitrogen and oxygen atoms in total. The van der Waals surface area contributed by atoms with Gasteiger partial charge in [0.25, 0.3) is 0 Å². The van der Waals surface area contributed by atoms with Gasteiger partial charge in [0.1, 0.15) is 17.5 Å². The van der Waals surface area contributed by atoms with Crippen molar-refractivity contribution in [2.45, 2.75) is 18.9 Å². The molecule has 0 aromatic heterocycles. The second kappa shape index (κ2) is 9.77. The smallest absolute Gasteiger partial charge is 0.320 e. The zero-order valence-electron chi connectivity index (χ0n) is 15.3.